The second-order valence-electron chi connectivity index (χ2n) is 2.75. The van der Waals surface area contributed by atoms with E-state index in [1.807, 2.05) is 12.2 Å². The van der Waals surface area contributed by atoms with Crippen LogP contribution in [0.4, 0.5) is 0 Å². The summed E-state index contributed by atoms with van der Waals surface area (Å²) in [6.45, 7) is 0.843. The van der Waals surface area contributed by atoms with Crippen molar-refractivity contribution >= 4 is 29.5 Å². The van der Waals surface area contributed by atoms with Crippen molar-refractivity contribution in [2.75, 3.05) is 12.3 Å². The summed E-state index contributed by atoms with van der Waals surface area (Å²) in [5.41, 5.74) is 0. The first-order valence-electron chi connectivity index (χ1n) is 3.78. The van der Waals surface area contributed by atoms with Gasteiger partial charge in [0.2, 0.25) is 5.12 Å². The Morgan fingerprint density at radius 3 is 3.33 bits per heavy atom. The number of rotatable bonds is 1. The third kappa shape index (κ3) is 1.29. The van der Waals surface area contributed by atoms with Gasteiger partial charge in [-0.15, -0.1) is 24.4 Å². The molecule has 2 rings (SSSR count). The van der Waals surface area contributed by atoms with Crippen molar-refractivity contribution in [3.8, 4) is 0 Å². The topological polar surface area (TPSA) is 20.3 Å². The molecule has 1 fully saturated rings. The molecule has 0 spiro atoms. The first kappa shape index (κ1) is 8.26. The van der Waals surface area contributed by atoms with Crippen molar-refractivity contribution in [3.05, 3.63) is 23.3 Å². The molecule has 64 valence electrons. The van der Waals surface area contributed by atoms with E-state index in [1.165, 1.54) is 5.03 Å². The van der Waals surface area contributed by atoms with Crippen molar-refractivity contribution in [2.24, 2.45) is 0 Å². The van der Waals surface area contributed by atoms with E-state index in [9.17, 15) is 4.79 Å². The molecule has 2 heterocycles. The summed E-state index contributed by atoms with van der Waals surface area (Å²) < 4.78 is 0. The summed E-state index contributed by atoms with van der Waals surface area (Å²) in [5.74, 6) is 0.843. The predicted molar refractivity (Wildman–Crippen MR) is 54.2 cm³/mol. The van der Waals surface area contributed by atoms with Crippen molar-refractivity contribution in [1.82, 2.24) is 4.90 Å². The quantitative estimate of drug-likeness (QED) is 0.642. The number of allylic oxidation sites excluding steroid dienone is 2. The number of hydrogen-bond donors (Lipinski definition) is 1. The van der Waals surface area contributed by atoms with E-state index >= 15 is 0 Å². The summed E-state index contributed by atoms with van der Waals surface area (Å²) in [5, 5.41) is 1.17. The van der Waals surface area contributed by atoms with Crippen LogP contribution in [0.5, 0.6) is 0 Å². The molecule has 2 nitrogen and oxygen atoms in total. The van der Waals surface area contributed by atoms with E-state index in [1.54, 1.807) is 11.8 Å². The number of fused-ring (bicyclic) bond motifs is 1. The van der Waals surface area contributed by atoms with Gasteiger partial charge in [0.25, 0.3) is 0 Å². The molecule has 4 heteroatoms. The van der Waals surface area contributed by atoms with Crippen LogP contribution in [0.2, 0.25) is 0 Å². The van der Waals surface area contributed by atoms with Crippen LogP contribution in [0, 0.1) is 0 Å². The number of nitrogens with zero attached hydrogens (tertiary/aromatic N) is 1. The van der Waals surface area contributed by atoms with Crippen LogP contribution < -0.4 is 0 Å². The van der Waals surface area contributed by atoms with E-state index < -0.39 is 0 Å². The maximum atomic E-state index is 11.1. The summed E-state index contributed by atoms with van der Waals surface area (Å²) in [6.07, 6.45) is 6.13. The van der Waals surface area contributed by atoms with Gasteiger partial charge >= 0.3 is 0 Å². The standard InChI is InChI=1S/C8H9NOS2/c10-8(11)6-5-12-7-3-1-2-4-9(6)7/h1-3,6H,4-5H2,(H,10,11). The van der Waals surface area contributed by atoms with Gasteiger partial charge in [-0.2, -0.15) is 0 Å². The lowest BCUT2D eigenvalue weighted by Gasteiger charge is -2.24. The van der Waals surface area contributed by atoms with Crippen LogP contribution in [0.25, 0.3) is 0 Å². The van der Waals surface area contributed by atoms with Crippen molar-refractivity contribution in [3.63, 3.8) is 0 Å². The van der Waals surface area contributed by atoms with Crippen LogP contribution in [-0.4, -0.2) is 28.4 Å². The van der Waals surface area contributed by atoms with Gasteiger partial charge in [-0.25, -0.2) is 0 Å². The summed E-state index contributed by atoms with van der Waals surface area (Å²) in [4.78, 5) is 13.2. The van der Waals surface area contributed by atoms with Crippen molar-refractivity contribution in [2.45, 2.75) is 6.04 Å². The Kier molecular flexibility index (Phi) is 2.19. The van der Waals surface area contributed by atoms with E-state index in [0.29, 0.717) is 0 Å². The molecule has 0 aromatic heterocycles. The van der Waals surface area contributed by atoms with Gasteiger partial charge in [-0.1, -0.05) is 12.2 Å². The van der Waals surface area contributed by atoms with E-state index in [0.717, 1.165) is 12.3 Å². The highest BCUT2D eigenvalue weighted by Crippen LogP contribution is 2.34. The fourth-order valence-corrected chi connectivity index (χ4v) is 2.94. The molecule has 0 amide bonds. The average Bonchev–Trinajstić information content (AvgIpc) is 2.47. The first-order chi connectivity index (χ1) is 5.79. The Morgan fingerprint density at radius 2 is 2.58 bits per heavy atom. The molecule has 12 heavy (non-hydrogen) atoms. The molecule has 2 aliphatic rings. The number of carbonyl (C=O) groups excluding carboxylic acids is 1. The summed E-state index contributed by atoms with van der Waals surface area (Å²) in [7, 11) is 0. The zero-order valence-electron chi connectivity index (χ0n) is 6.43. The molecule has 0 aromatic rings. The van der Waals surface area contributed by atoms with Crippen molar-refractivity contribution < 1.29 is 4.79 Å². The normalized spacial score (nSPS) is 26.9. The molecule has 0 aliphatic carbocycles. The Morgan fingerprint density at radius 1 is 1.75 bits per heavy atom. The van der Waals surface area contributed by atoms with Crippen LogP contribution in [0.3, 0.4) is 0 Å². The smallest absolute Gasteiger partial charge is 0.209 e. The minimum absolute atomic E-state index is 0.0190. The zero-order valence-corrected chi connectivity index (χ0v) is 8.15. The SMILES string of the molecule is O=C(S)C1CSC2=CC=CCN21. The highest BCUT2D eigenvalue weighted by atomic mass is 32.2. The Labute approximate surface area is 81.1 Å². The third-order valence-electron chi connectivity index (χ3n) is 2.01. The molecule has 0 N–H and O–H groups in total. The molecule has 1 atom stereocenters. The van der Waals surface area contributed by atoms with Gasteiger partial charge in [0.05, 0.1) is 5.03 Å². The summed E-state index contributed by atoms with van der Waals surface area (Å²) >= 11 is 5.59. The van der Waals surface area contributed by atoms with E-state index in [-0.39, 0.29) is 11.2 Å². The highest BCUT2D eigenvalue weighted by molar-refractivity contribution is 8.03. The average molecular weight is 199 g/mol. The Balaban J connectivity index is 2.20. The third-order valence-corrected chi connectivity index (χ3v) is 3.46. The molecular formula is C8H9NOS2. The minimum Gasteiger partial charge on any atom is -0.351 e. The number of thiol groups is 1. The second-order valence-corrected chi connectivity index (χ2v) is 4.23. The van der Waals surface area contributed by atoms with Gasteiger partial charge < -0.3 is 4.90 Å². The van der Waals surface area contributed by atoms with Crippen LogP contribution in [-0.2, 0) is 4.79 Å². The predicted octanol–water partition coefficient (Wildman–Crippen LogP) is 1.27. The van der Waals surface area contributed by atoms with Gasteiger partial charge in [-0.05, 0) is 6.08 Å². The molecule has 1 unspecified atom stereocenters. The van der Waals surface area contributed by atoms with Crippen molar-refractivity contribution in [1.29, 1.82) is 0 Å². The fourth-order valence-electron chi connectivity index (χ4n) is 1.38. The largest absolute Gasteiger partial charge is 0.351 e. The van der Waals surface area contributed by atoms with E-state index in [2.05, 4.69) is 23.6 Å². The zero-order chi connectivity index (χ0) is 8.55. The monoisotopic (exact) mass is 199 g/mol. The lowest BCUT2D eigenvalue weighted by molar-refractivity contribution is -0.113. The fraction of sp³-hybridized carbons (Fsp3) is 0.375. The van der Waals surface area contributed by atoms with Gasteiger partial charge in [-0.3, -0.25) is 4.79 Å². The van der Waals surface area contributed by atoms with E-state index in [4.69, 9.17) is 0 Å². The Hall–Kier alpha value is -0.350. The van der Waals surface area contributed by atoms with Gasteiger partial charge in [0, 0.05) is 12.3 Å². The highest BCUT2D eigenvalue weighted by Gasteiger charge is 2.32. The first-order valence-corrected chi connectivity index (χ1v) is 5.21. The Bertz CT molecular complexity index is 272. The second kappa shape index (κ2) is 3.18. The molecule has 0 radical (unpaired) electrons. The van der Waals surface area contributed by atoms with Crippen LogP contribution >= 0.6 is 24.4 Å². The van der Waals surface area contributed by atoms with Crippen LogP contribution in [0.15, 0.2) is 23.3 Å². The molecule has 0 aromatic carbocycles. The molecule has 2 aliphatic heterocycles. The number of thioether (sulfide) groups is 1. The van der Waals surface area contributed by atoms with Crippen LogP contribution in [0.1, 0.15) is 0 Å². The number of hydrogen-bond acceptors (Lipinski definition) is 3. The molecule has 1 saturated heterocycles. The lowest BCUT2D eigenvalue weighted by Crippen LogP contribution is -2.35. The maximum absolute atomic E-state index is 11.1. The lowest BCUT2D eigenvalue weighted by atomic mass is 10.2. The maximum Gasteiger partial charge on any atom is 0.209 e. The van der Waals surface area contributed by atoms with Gasteiger partial charge in [0.15, 0.2) is 0 Å². The molecular weight excluding hydrogens is 190 g/mol. The molecule has 0 saturated carbocycles. The summed E-state index contributed by atoms with van der Waals surface area (Å²) in [6, 6.07) is -0.0190. The number of carbonyl (C=O) groups is 1. The van der Waals surface area contributed by atoms with Gasteiger partial charge in [0.1, 0.15) is 6.04 Å². The minimum atomic E-state index is -0.0267. The molecule has 0 bridgehead atoms.